The van der Waals surface area contributed by atoms with E-state index in [1.54, 1.807) is 4.90 Å². The third-order valence-corrected chi connectivity index (χ3v) is 4.07. The van der Waals surface area contributed by atoms with E-state index in [2.05, 4.69) is 43.8 Å². The van der Waals surface area contributed by atoms with Gasteiger partial charge in [-0.2, -0.15) is 0 Å². The number of amides is 2. The Morgan fingerprint density at radius 3 is 3.00 bits per heavy atom. The maximum atomic E-state index is 12.4. The maximum absolute atomic E-state index is 12.4. The van der Waals surface area contributed by atoms with Crippen molar-refractivity contribution in [1.82, 2.24) is 10.2 Å². The van der Waals surface area contributed by atoms with Crippen LogP contribution in [-0.2, 0) is 4.79 Å². The molecule has 0 aromatic heterocycles. The highest BCUT2D eigenvalue weighted by molar-refractivity contribution is 14.1. The average Bonchev–Trinajstić information content (AvgIpc) is 2.56. The second kappa shape index (κ2) is 6.01. The minimum Gasteiger partial charge on any atom is -0.354 e. The van der Waals surface area contributed by atoms with Gasteiger partial charge in [0.25, 0.3) is 5.91 Å². The van der Waals surface area contributed by atoms with Crippen LogP contribution in [-0.4, -0.2) is 36.3 Å². The minimum atomic E-state index is -0.0996. The van der Waals surface area contributed by atoms with Crippen LogP contribution in [0.25, 0.3) is 0 Å². The zero-order chi connectivity index (χ0) is 13.1. The number of rotatable bonds is 1. The normalized spacial score (nSPS) is 16.1. The van der Waals surface area contributed by atoms with Gasteiger partial charge >= 0.3 is 0 Å². The van der Waals surface area contributed by atoms with E-state index in [4.69, 9.17) is 0 Å². The first-order valence-electron chi connectivity index (χ1n) is 5.59. The molecule has 0 spiro atoms. The van der Waals surface area contributed by atoms with Crippen molar-refractivity contribution >= 4 is 50.3 Å². The third kappa shape index (κ3) is 3.23. The van der Waals surface area contributed by atoms with Crippen LogP contribution in [0.15, 0.2) is 22.7 Å². The Balaban J connectivity index is 2.24. The van der Waals surface area contributed by atoms with Gasteiger partial charge in [0, 0.05) is 21.1 Å². The van der Waals surface area contributed by atoms with Crippen LogP contribution in [0.2, 0.25) is 0 Å². The van der Waals surface area contributed by atoms with Gasteiger partial charge < -0.3 is 10.2 Å². The first kappa shape index (κ1) is 13.8. The highest BCUT2D eigenvalue weighted by Crippen LogP contribution is 2.21. The first-order valence-corrected chi connectivity index (χ1v) is 7.46. The van der Waals surface area contributed by atoms with E-state index in [1.165, 1.54) is 0 Å². The summed E-state index contributed by atoms with van der Waals surface area (Å²) >= 11 is 5.55. The Hall–Kier alpha value is -0.630. The molecule has 0 bridgehead atoms. The second-order valence-electron chi connectivity index (χ2n) is 4.05. The zero-order valence-electron chi connectivity index (χ0n) is 9.58. The van der Waals surface area contributed by atoms with Gasteiger partial charge in [0.2, 0.25) is 5.91 Å². The van der Waals surface area contributed by atoms with Crippen molar-refractivity contribution in [2.24, 2.45) is 0 Å². The van der Waals surface area contributed by atoms with Crippen LogP contribution < -0.4 is 5.32 Å². The van der Waals surface area contributed by atoms with Crippen LogP contribution >= 0.6 is 38.5 Å². The van der Waals surface area contributed by atoms with Crippen molar-refractivity contribution in [3.05, 3.63) is 31.8 Å². The molecule has 0 atom stereocenters. The van der Waals surface area contributed by atoms with Crippen molar-refractivity contribution in [1.29, 1.82) is 0 Å². The van der Waals surface area contributed by atoms with E-state index in [0.717, 1.165) is 14.5 Å². The molecule has 1 fully saturated rings. The summed E-state index contributed by atoms with van der Waals surface area (Å²) in [5.41, 5.74) is 0.608. The minimum absolute atomic E-state index is 0.0948. The quantitative estimate of drug-likeness (QED) is 0.704. The fourth-order valence-electron chi connectivity index (χ4n) is 1.81. The van der Waals surface area contributed by atoms with Gasteiger partial charge in [0.15, 0.2) is 0 Å². The van der Waals surface area contributed by atoms with E-state index < -0.39 is 0 Å². The lowest BCUT2D eigenvalue weighted by Crippen LogP contribution is -2.37. The Labute approximate surface area is 127 Å². The molecule has 1 saturated heterocycles. The highest BCUT2D eigenvalue weighted by atomic mass is 127. The molecule has 96 valence electrons. The average molecular weight is 423 g/mol. The molecule has 1 aliphatic rings. The smallest absolute Gasteiger partial charge is 0.255 e. The molecule has 0 saturated carbocycles. The van der Waals surface area contributed by atoms with Crippen LogP contribution in [0, 0.1) is 3.57 Å². The van der Waals surface area contributed by atoms with Crippen molar-refractivity contribution in [2.45, 2.75) is 6.42 Å². The molecular formula is C12H12BrIN2O2. The summed E-state index contributed by atoms with van der Waals surface area (Å²) in [7, 11) is 0. The van der Waals surface area contributed by atoms with Crippen LogP contribution in [0.4, 0.5) is 0 Å². The lowest BCUT2D eigenvalue weighted by atomic mass is 10.2. The predicted molar refractivity (Wildman–Crippen MR) is 80.4 cm³/mol. The van der Waals surface area contributed by atoms with Crippen molar-refractivity contribution in [2.75, 3.05) is 19.6 Å². The highest BCUT2D eigenvalue weighted by Gasteiger charge is 2.22. The van der Waals surface area contributed by atoms with Gasteiger partial charge in [-0.15, -0.1) is 0 Å². The number of carbonyl (C=O) groups is 2. The molecule has 0 unspecified atom stereocenters. The van der Waals surface area contributed by atoms with Gasteiger partial charge in [0.1, 0.15) is 0 Å². The summed E-state index contributed by atoms with van der Waals surface area (Å²) in [5, 5.41) is 2.76. The van der Waals surface area contributed by atoms with E-state index in [1.807, 2.05) is 18.2 Å². The molecule has 6 heteroatoms. The van der Waals surface area contributed by atoms with Gasteiger partial charge in [-0.3, -0.25) is 9.59 Å². The van der Waals surface area contributed by atoms with E-state index in [-0.39, 0.29) is 18.4 Å². The summed E-state index contributed by atoms with van der Waals surface area (Å²) in [4.78, 5) is 25.4. The molecular weight excluding hydrogens is 411 g/mol. The molecule has 4 nitrogen and oxygen atoms in total. The monoisotopic (exact) mass is 422 g/mol. The number of hydrogen-bond acceptors (Lipinski definition) is 2. The zero-order valence-corrected chi connectivity index (χ0v) is 13.3. The number of halogens is 2. The largest absolute Gasteiger partial charge is 0.354 e. The summed E-state index contributed by atoms with van der Waals surface area (Å²) < 4.78 is 1.76. The molecule has 1 aliphatic heterocycles. The molecule has 1 aromatic rings. The molecule has 2 amide bonds. The SMILES string of the molecule is O=C1CN(C(=O)c2cc(I)ccc2Br)CCCN1. The molecule has 1 N–H and O–H groups in total. The Bertz CT molecular complexity index is 493. The molecule has 18 heavy (non-hydrogen) atoms. The Kier molecular flexibility index (Phi) is 4.60. The number of benzene rings is 1. The molecule has 0 aliphatic carbocycles. The van der Waals surface area contributed by atoms with Crippen LogP contribution in [0.3, 0.4) is 0 Å². The summed E-state index contributed by atoms with van der Waals surface area (Å²) in [6, 6.07) is 5.61. The topological polar surface area (TPSA) is 49.4 Å². The van der Waals surface area contributed by atoms with E-state index in [0.29, 0.717) is 18.7 Å². The fourth-order valence-corrected chi connectivity index (χ4v) is 2.72. The molecule has 1 heterocycles. The lowest BCUT2D eigenvalue weighted by molar-refractivity contribution is -0.121. The van der Waals surface area contributed by atoms with Crippen molar-refractivity contribution in [3.63, 3.8) is 0 Å². The van der Waals surface area contributed by atoms with E-state index >= 15 is 0 Å². The lowest BCUT2D eigenvalue weighted by Gasteiger charge is -2.19. The second-order valence-corrected chi connectivity index (χ2v) is 6.15. The molecule has 2 rings (SSSR count). The number of nitrogens with one attached hydrogen (secondary N) is 1. The van der Waals surface area contributed by atoms with Gasteiger partial charge in [-0.25, -0.2) is 0 Å². The summed E-state index contributed by atoms with van der Waals surface area (Å²) in [5.74, 6) is -0.194. The standard InChI is InChI=1S/C12H12BrIN2O2/c13-10-3-2-8(14)6-9(10)12(18)16-5-1-4-15-11(17)7-16/h2-3,6H,1,4-5,7H2,(H,15,17). The van der Waals surface area contributed by atoms with Crippen molar-refractivity contribution < 1.29 is 9.59 Å². The third-order valence-electron chi connectivity index (χ3n) is 2.71. The van der Waals surface area contributed by atoms with Crippen LogP contribution in [0.1, 0.15) is 16.8 Å². The number of nitrogens with zero attached hydrogens (tertiary/aromatic N) is 1. The predicted octanol–water partition coefficient (Wildman–Crippen LogP) is 2.02. The summed E-state index contributed by atoms with van der Waals surface area (Å²) in [6.07, 6.45) is 0.791. The number of hydrogen-bond donors (Lipinski definition) is 1. The van der Waals surface area contributed by atoms with Crippen molar-refractivity contribution in [3.8, 4) is 0 Å². The first-order chi connectivity index (χ1) is 8.58. The van der Waals surface area contributed by atoms with Crippen LogP contribution in [0.5, 0.6) is 0 Å². The van der Waals surface area contributed by atoms with Gasteiger partial charge in [-0.1, -0.05) is 0 Å². The Morgan fingerprint density at radius 2 is 2.22 bits per heavy atom. The summed E-state index contributed by atoms with van der Waals surface area (Å²) in [6.45, 7) is 1.38. The van der Waals surface area contributed by atoms with Gasteiger partial charge in [0.05, 0.1) is 12.1 Å². The van der Waals surface area contributed by atoms with Gasteiger partial charge in [-0.05, 0) is 63.1 Å². The maximum Gasteiger partial charge on any atom is 0.255 e. The number of carbonyl (C=O) groups excluding carboxylic acids is 2. The van der Waals surface area contributed by atoms with E-state index in [9.17, 15) is 9.59 Å². The Morgan fingerprint density at radius 1 is 1.44 bits per heavy atom. The molecule has 1 aromatic carbocycles. The fraction of sp³-hybridized carbons (Fsp3) is 0.333. The molecule has 0 radical (unpaired) electrons.